The normalized spacial score (nSPS) is 13.6. The molecule has 0 atom stereocenters. The number of hydrogen-bond acceptors (Lipinski definition) is 6. The van der Waals surface area contributed by atoms with Crippen molar-refractivity contribution in [1.29, 1.82) is 0 Å². The van der Waals surface area contributed by atoms with E-state index in [0.29, 0.717) is 56.0 Å². The Hall–Kier alpha value is -4.99. The first kappa shape index (κ1) is 26.2. The molecule has 0 saturated carbocycles. The van der Waals surface area contributed by atoms with Gasteiger partial charge in [0.2, 0.25) is 0 Å². The molecule has 41 heavy (non-hydrogen) atoms. The zero-order chi connectivity index (χ0) is 29.1. The fourth-order valence-corrected chi connectivity index (χ4v) is 4.81. The van der Waals surface area contributed by atoms with E-state index in [9.17, 15) is 18.0 Å². The predicted molar refractivity (Wildman–Crippen MR) is 152 cm³/mol. The average Bonchev–Trinajstić information content (AvgIpc) is 3.31. The molecule has 0 unspecified atom stereocenters. The fraction of sp³-hybridized carbons (Fsp3) is 0.161. The van der Waals surface area contributed by atoms with Gasteiger partial charge in [0.05, 0.1) is 22.5 Å². The maximum Gasteiger partial charge on any atom is 0.420 e. The number of fused-ring (bicyclic) bond motifs is 4. The SMILES string of the molecule is C=C1C=Cc2cnc3ccc(-c4cn(C(=O)OC(C)(C)C)c5ncccc45)nc3c2N1c1cccc(C(F)(F)F)c1. The summed E-state index contributed by atoms with van der Waals surface area (Å²) < 4.78 is 47.7. The van der Waals surface area contributed by atoms with Gasteiger partial charge in [-0.3, -0.25) is 4.98 Å². The molecular formula is C31H24F3N5O2. The molecule has 206 valence electrons. The average molecular weight is 556 g/mol. The number of allylic oxidation sites excluding steroid dienone is 1. The molecule has 1 aliphatic rings. The van der Waals surface area contributed by atoms with E-state index < -0.39 is 23.4 Å². The number of carbonyl (C=O) groups excluding carboxylic acids is 1. The lowest BCUT2D eigenvalue weighted by molar-refractivity contribution is -0.137. The molecule has 0 amide bonds. The number of aromatic nitrogens is 4. The second-order valence-electron chi connectivity index (χ2n) is 10.6. The third-order valence-corrected chi connectivity index (χ3v) is 6.54. The van der Waals surface area contributed by atoms with Gasteiger partial charge >= 0.3 is 12.3 Å². The number of anilines is 2. The lowest BCUT2D eigenvalue weighted by Crippen LogP contribution is -2.26. The van der Waals surface area contributed by atoms with Crippen LogP contribution in [0, 0.1) is 0 Å². The number of hydrogen-bond donors (Lipinski definition) is 0. The first-order valence-electron chi connectivity index (χ1n) is 12.7. The molecule has 0 fully saturated rings. The molecule has 0 spiro atoms. The van der Waals surface area contributed by atoms with Crippen molar-refractivity contribution in [2.45, 2.75) is 32.5 Å². The zero-order valence-electron chi connectivity index (χ0n) is 22.4. The molecule has 7 nitrogen and oxygen atoms in total. The van der Waals surface area contributed by atoms with E-state index in [-0.39, 0.29) is 0 Å². The number of nitrogens with zero attached hydrogens (tertiary/aromatic N) is 5. The van der Waals surface area contributed by atoms with Gasteiger partial charge in [0.25, 0.3) is 0 Å². The molecule has 0 aliphatic carbocycles. The number of ether oxygens (including phenoxy) is 1. The summed E-state index contributed by atoms with van der Waals surface area (Å²) in [6.45, 7) is 9.44. The summed E-state index contributed by atoms with van der Waals surface area (Å²) >= 11 is 0. The maximum atomic E-state index is 13.6. The lowest BCUT2D eigenvalue weighted by Gasteiger charge is -2.31. The van der Waals surface area contributed by atoms with Gasteiger partial charge in [-0.25, -0.2) is 19.3 Å². The maximum absolute atomic E-state index is 13.6. The Bertz CT molecular complexity index is 1900. The van der Waals surface area contributed by atoms with Crippen LogP contribution in [0.2, 0.25) is 0 Å². The van der Waals surface area contributed by atoms with Crippen molar-refractivity contribution in [3.63, 3.8) is 0 Å². The molecule has 0 N–H and O–H groups in total. The molecule has 5 aromatic rings. The van der Waals surface area contributed by atoms with Crippen molar-refractivity contribution >= 4 is 45.6 Å². The minimum Gasteiger partial charge on any atom is -0.443 e. The van der Waals surface area contributed by atoms with Gasteiger partial charge in [0, 0.05) is 46.5 Å². The third-order valence-electron chi connectivity index (χ3n) is 6.54. The van der Waals surface area contributed by atoms with Crippen LogP contribution in [-0.4, -0.2) is 31.2 Å². The van der Waals surface area contributed by atoms with Crippen molar-refractivity contribution < 1.29 is 22.7 Å². The third kappa shape index (κ3) is 4.71. The summed E-state index contributed by atoms with van der Waals surface area (Å²) in [7, 11) is 0. The van der Waals surface area contributed by atoms with Gasteiger partial charge in [-0.05, 0) is 75.4 Å². The van der Waals surface area contributed by atoms with Crippen LogP contribution in [0.15, 0.2) is 85.5 Å². The van der Waals surface area contributed by atoms with E-state index in [4.69, 9.17) is 9.72 Å². The highest BCUT2D eigenvalue weighted by molar-refractivity contribution is 6.02. The number of rotatable bonds is 2. The van der Waals surface area contributed by atoms with E-state index in [1.54, 1.807) is 80.7 Å². The molecule has 5 heterocycles. The molecule has 0 bridgehead atoms. The van der Waals surface area contributed by atoms with Crippen LogP contribution in [0.4, 0.5) is 29.3 Å². The zero-order valence-corrected chi connectivity index (χ0v) is 22.4. The van der Waals surface area contributed by atoms with Gasteiger partial charge < -0.3 is 9.64 Å². The predicted octanol–water partition coefficient (Wildman–Crippen LogP) is 8.13. The largest absolute Gasteiger partial charge is 0.443 e. The summed E-state index contributed by atoms with van der Waals surface area (Å²) in [5, 5.41) is 0.682. The Morgan fingerprint density at radius 2 is 1.80 bits per heavy atom. The standard InChI is InChI=1S/C31H24F3N5O2/c1-18-10-11-19-16-36-25-13-12-24(23-17-38(29(40)41-30(2,3)4)28-22(23)9-6-14-35-28)37-26(25)27(19)39(18)21-8-5-7-20(15-21)31(32,33)34/h5-17H,1H2,2-4H3. The van der Waals surface area contributed by atoms with Crippen molar-refractivity contribution in [2.75, 3.05) is 4.90 Å². The molecule has 1 aromatic carbocycles. The van der Waals surface area contributed by atoms with Crippen LogP contribution in [-0.2, 0) is 10.9 Å². The van der Waals surface area contributed by atoms with E-state index in [0.717, 1.165) is 12.1 Å². The van der Waals surface area contributed by atoms with Crippen LogP contribution >= 0.6 is 0 Å². The molecule has 0 saturated heterocycles. The Morgan fingerprint density at radius 1 is 1.00 bits per heavy atom. The topological polar surface area (TPSA) is 73.1 Å². The minimum atomic E-state index is -4.51. The molecule has 4 aromatic heterocycles. The van der Waals surface area contributed by atoms with E-state index in [2.05, 4.69) is 16.5 Å². The Labute approximate surface area is 233 Å². The Kier molecular flexibility index (Phi) is 5.95. The number of carbonyl (C=O) groups is 1. The number of pyridine rings is 3. The molecule has 10 heteroatoms. The quantitative estimate of drug-likeness (QED) is 0.219. The van der Waals surface area contributed by atoms with Crippen molar-refractivity contribution in [3.05, 3.63) is 96.6 Å². The summed E-state index contributed by atoms with van der Waals surface area (Å²) in [6, 6.07) is 12.3. The molecule has 0 radical (unpaired) electrons. The summed E-state index contributed by atoms with van der Waals surface area (Å²) in [4.78, 5) is 28.6. The number of halogens is 3. The monoisotopic (exact) mass is 555 g/mol. The summed E-state index contributed by atoms with van der Waals surface area (Å²) in [6.07, 6.45) is 3.32. The summed E-state index contributed by atoms with van der Waals surface area (Å²) in [5.74, 6) is 0. The second-order valence-corrected chi connectivity index (χ2v) is 10.6. The van der Waals surface area contributed by atoms with Crippen LogP contribution in [0.3, 0.4) is 0 Å². The molecular weight excluding hydrogens is 531 g/mol. The van der Waals surface area contributed by atoms with Crippen LogP contribution in [0.5, 0.6) is 0 Å². The Balaban J connectivity index is 1.55. The highest BCUT2D eigenvalue weighted by atomic mass is 19.4. The van der Waals surface area contributed by atoms with Gasteiger partial charge in [-0.1, -0.05) is 12.6 Å². The molecule has 6 rings (SSSR count). The van der Waals surface area contributed by atoms with Crippen molar-refractivity contribution in [2.24, 2.45) is 0 Å². The van der Waals surface area contributed by atoms with Gasteiger partial charge in [-0.2, -0.15) is 13.2 Å². The van der Waals surface area contributed by atoms with Gasteiger partial charge in [0.1, 0.15) is 16.8 Å². The van der Waals surface area contributed by atoms with E-state index >= 15 is 0 Å². The van der Waals surface area contributed by atoms with Crippen molar-refractivity contribution in [1.82, 2.24) is 19.5 Å². The highest BCUT2D eigenvalue weighted by Gasteiger charge is 2.32. The second kappa shape index (κ2) is 9.29. The number of alkyl halides is 3. The first-order valence-corrected chi connectivity index (χ1v) is 12.7. The summed E-state index contributed by atoms with van der Waals surface area (Å²) in [5.41, 5.74) is 3.09. The van der Waals surface area contributed by atoms with E-state index in [1.807, 2.05) is 6.07 Å². The lowest BCUT2D eigenvalue weighted by atomic mass is 10.0. The smallest absolute Gasteiger partial charge is 0.420 e. The fourth-order valence-electron chi connectivity index (χ4n) is 4.81. The van der Waals surface area contributed by atoms with Gasteiger partial charge in [0.15, 0.2) is 0 Å². The first-order chi connectivity index (χ1) is 19.4. The minimum absolute atomic E-state index is 0.292. The van der Waals surface area contributed by atoms with Gasteiger partial charge in [-0.15, -0.1) is 0 Å². The van der Waals surface area contributed by atoms with Crippen molar-refractivity contribution in [3.8, 4) is 11.3 Å². The van der Waals surface area contributed by atoms with Crippen LogP contribution in [0.1, 0.15) is 31.9 Å². The highest BCUT2D eigenvalue weighted by Crippen LogP contribution is 2.43. The van der Waals surface area contributed by atoms with E-state index in [1.165, 1.54) is 10.6 Å². The van der Waals surface area contributed by atoms with Crippen LogP contribution < -0.4 is 4.90 Å². The molecule has 1 aliphatic heterocycles. The number of benzene rings is 1. The van der Waals surface area contributed by atoms with Crippen LogP contribution in [0.25, 0.3) is 39.4 Å². The Morgan fingerprint density at radius 3 is 2.56 bits per heavy atom.